The van der Waals surface area contributed by atoms with Gasteiger partial charge in [0.05, 0.1) is 5.54 Å². The van der Waals surface area contributed by atoms with Gasteiger partial charge >= 0.3 is 0 Å². The average molecular weight is 266 g/mol. The molecule has 0 radical (unpaired) electrons. The van der Waals surface area contributed by atoms with E-state index in [1.54, 1.807) is 0 Å². The van der Waals surface area contributed by atoms with Gasteiger partial charge in [0.2, 0.25) is 0 Å². The number of anilines is 1. The van der Waals surface area contributed by atoms with Crippen molar-refractivity contribution in [2.24, 2.45) is 0 Å². The van der Waals surface area contributed by atoms with Crippen molar-refractivity contribution in [2.75, 3.05) is 11.9 Å². The standard InChI is InChI=1S/C13H16BrN/c1-9-8-13(2,3)15(4)12-6-5-10(14)7-11(9)12/h5-8H,1-4H3. The van der Waals surface area contributed by atoms with E-state index >= 15 is 0 Å². The molecule has 0 aliphatic carbocycles. The molecule has 0 aromatic heterocycles. The fourth-order valence-corrected chi connectivity index (χ4v) is 2.49. The van der Waals surface area contributed by atoms with Crippen molar-refractivity contribution in [3.8, 4) is 0 Å². The predicted molar refractivity (Wildman–Crippen MR) is 70.3 cm³/mol. The Labute approximate surface area is 99.9 Å². The van der Waals surface area contributed by atoms with Crippen LogP contribution in [0.2, 0.25) is 0 Å². The summed E-state index contributed by atoms with van der Waals surface area (Å²) in [5.74, 6) is 0. The van der Waals surface area contributed by atoms with Crippen LogP contribution in [0.25, 0.3) is 5.57 Å². The quantitative estimate of drug-likeness (QED) is 0.684. The zero-order chi connectivity index (χ0) is 11.2. The van der Waals surface area contributed by atoms with Crippen LogP contribution in [-0.4, -0.2) is 12.6 Å². The lowest BCUT2D eigenvalue weighted by Gasteiger charge is -2.40. The van der Waals surface area contributed by atoms with Crippen molar-refractivity contribution in [2.45, 2.75) is 26.3 Å². The van der Waals surface area contributed by atoms with E-state index in [-0.39, 0.29) is 5.54 Å². The minimum Gasteiger partial charge on any atom is -0.366 e. The summed E-state index contributed by atoms with van der Waals surface area (Å²) in [6.45, 7) is 6.66. The lowest BCUT2D eigenvalue weighted by Crippen LogP contribution is -2.41. The summed E-state index contributed by atoms with van der Waals surface area (Å²) in [4.78, 5) is 2.32. The normalized spacial score (nSPS) is 18.5. The van der Waals surface area contributed by atoms with Crippen LogP contribution in [0, 0.1) is 0 Å². The van der Waals surface area contributed by atoms with E-state index in [0.717, 1.165) is 4.47 Å². The van der Waals surface area contributed by atoms with Crippen LogP contribution < -0.4 is 4.90 Å². The molecule has 0 N–H and O–H groups in total. The molecule has 15 heavy (non-hydrogen) atoms. The Kier molecular flexibility index (Phi) is 2.42. The van der Waals surface area contributed by atoms with Crippen LogP contribution in [0.4, 0.5) is 5.69 Å². The van der Waals surface area contributed by atoms with E-state index < -0.39 is 0 Å². The van der Waals surface area contributed by atoms with Crippen LogP contribution in [0.3, 0.4) is 0 Å². The van der Waals surface area contributed by atoms with Crippen molar-refractivity contribution in [3.05, 3.63) is 34.3 Å². The molecule has 0 fully saturated rings. The van der Waals surface area contributed by atoms with E-state index in [4.69, 9.17) is 0 Å². The summed E-state index contributed by atoms with van der Waals surface area (Å²) in [7, 11) is 2.15. The lowest BCUT2D eigenvalue weighted by molar-refractivity contribution is 0.597. The number of likely N-dealkylation sites (N-methyl/N-ethyl adjacent to an activating group) is 1. The van der Waals surface area contributed by atoms with Gasteiger partial charge < -0.3 is 4.90 Å². The number of allylic oxidation sites excluding steroid dienone is 1. The molecule has 0 bridgehead atoms. The maximum atomic E-state index is 3.52. The molecule has 80 valence electrons. The minimum absolute atomic E-state index is 0.102. The first kappa shape index (κ1) is 10.7. The van der Waals surface area contributed by atoms with Gasteiger partial charge in [-0.3, -0.25) is 0 Å². The topological polar surface area (TPSA) is 3.24 Å². The summed E-state index contributed by atoms with van der Waals surface area (Å²) in [6.07, 6.45) is 2.32. The first-order valence-corrected chi connectivity index (χ1v) is 5.94. The summed E-state index contributed by atoms with van der Waals surface area (Å²) in [6, 6.07) is 6.47. The molecular formula is C13H16BrN. The van der Waals surface area contributed by atoms with Gasteiger partial charge in [-0.15, -0.1) is 0 Å². The maximum absolute atomic E-state index is 3.52. The Morgan fingerprint density at radius 3 is 2.60 bits per heavy atom. The van der Waals surface area contributed by atoms with Crippen LogP contribution in [0.1, 0.15) is 26.3 Å². The van der Waals surface area contributed by atoms with Gasteiger partial charge in [0.15, 0.2) is 0 Å². The van der Waals surface area contributed by atoms with Crippen molar-refractivity contribution in [1.82, 2.24) is 0 Å². The van der Waals surface area contributed by atoms with Crippen molar-refractivity contribution in [3.63, 3.8) is 0 Å². The Balaban J connectivity index is 2.64. The molecule has 0 saturated heterocycles. The van der Waals surface area contributed by atoms with E-state index in [9.17, 15) is 0 Å². The summed E-state index contributed by atoms with van der Waals surface area (Å²) < 4.78 is 1.14. The smallest absolute Gasteiger partial charge is 0.0531 e. The third-order valence-electron chi connectivity index (χ3n) is 3.18. The second kappa shape index (κ2) is 3.38. The summed E-state index contributed by atoms with van der Waals surface area (Å²) in [5, 5.41) is 0. The maximum Gasteiger partial charge on any atom is 0.0531 e. The van der Waals surface area contributed by atoms with Crippen LogP contribution in [-0.2, 0) is 0 Å². The fraction of sp³-hybridized carbons (Fsp3) is 0.385. The van der Waals surface area contributed by atoms with Gasteiger partial charge in [-0.05, 0) is 44.5 Å². The Morgan fingerprint density at radius 1 is 1.27 bits per heavy atom. The monoisotopic (exact) mass is 265 g/mol. The molecule has 0 unspecified atom stereocenters. The Bertz CT molecular complexity index is 432. The summed E-state index contributed by atoms with van der Waals surface area (Å²) >= 11 is 3.52. The zero-order valence-electron chi connectivity index (χ0n) is 9.63. The number of rotatable bonds is 0. The molecule has 1 aromatic rings. The Hall–Kier alpha value is -0.760. The van der Waals surface area contributed by atoms with E-state index in [2.05, 4.69) is 72.9 Å². The SMILES string of the molecule is CC1=CC(C)(C)N(C)c2ccc(Br)cc21. The first-order chi connectivity index (χ1) is 6.92. The highest BCUT2D eigenvalue weighted by Gasteiger charge is 2.28. The lowest BCUT2D eigenvalue weighted by atomic mass is 9.89. The highest BCUT2D eigenvalue weighted by Crippen LogP contribution is 2.38. The van der Waals surface area contributed by atoms with E-state index in [0.29, 0.717) is 0 Å². The highest BCUT2D eigenvalue weighted by molar-refractivity contribution is 9.10. The third-order valence-corrected chi connectivity index (χ3v) is 3.67. The number of fused-ring (bicyclic) bond motifs is 1. The number of hydrogen-bond acceptors (Lipinski definition) is 1. The van der Waals surface area contributed by atoms with Gasteiger partial charge in [-0.1, -0.05) is 22.0 Å². The van der Waals surface area contributed by atoms with Crippen LogP contribution in [0.15, 0.2) is 28.7 Å². The largest absolute Gasteiger partial charge is 0.366 e. The molecule has 0 atom stereocenters. The van der Waals surface area contributed by atoms with Gasteiger partial charge in [-0.2, -0.15) is 0 Å². The highest BCUT2D eigenvalue weighted by atomic mass is 79.9. The molecule has 1 aliphatic rings. The van der Waals surface area contributed by atoms with Crippen molar-refractivity contribution < 1.29 is 0 Å². The molecular weight excluding hydrogens is 250 g/mol. The zero-order valence-corrected chi connectivity index (χ0v) is 11.2. The van der Waals surface area contributed by atoms with Crippen molar-refractivity contribution >= 4 is 27.2 Å². The van der Waals surface area contributed by atoms with Gasteiger partial charge in [0.1, 0.15) is 0 Å². The average Bonchev–Trinajstić information content (AvgIpc) is 2.14. The van der Waals surface area contributed by atoms with Crippen LogP contribution in [0.5, 0.6) is 0 Å². The molecule has 1 nitrogen and oxygen atoms in total. The van der Waals surface area contributed by atoms with E-state index in [1.165, 1.54) is 16.8 Å². The van der Waals surface area contributed by atoms with E-state index in [1.807, 2.05) is 0 Å². The van der Waals surface area contributed by atoms with Gasteiger partial charge in [0.25, 0.3) is 0 Å². The predicted octanol–water partition coefficient (Wildman–Crippen LogP) is 4.08. The second-order valence-electron chi connectivity index (χ2n) is 4.70. The fourth-order valence-electron chi connectivity index (χ4n) is 2.13. The third kappa shape index (κ3) is 1.71. The molecule has 0 saturated carbocycles. The molecule has 2 rings (SSSR count). The minimum atomic E-state index is 0.102. The molecule has 1 heterocycles. The number of halogens is 1. The first-order valence-electron chi connectivity index (χ1n) is 5.15. The molecule has 1 aliphatic heterocycles. The molecule has 0 amide bonds. The van der Waals surface area contributed by atoms with Crippen LogP contribution >= 0.6 is 15.9 Å². The Morgan fingerprint density at radius 2 is 1.93 bits per heavy atom. The number of hydrogen-bond donors (Lipinski definition) is 0. The van der Waals surface area contributed by atoms with Crippen molar-refractivity contribution in [1.29, 1.82) is 0 Å². The summed E-state index contributed by atoms with van der Waals surface area (Å²) in [5.41, 5.74) is 4.09. The molecule has 2 heteroatoms. The second-order valence-corrected chi connectivity index (χ2v) is 5.62. The van der Waals surface area contributed by atoms with Gasteiger partial charge in [-0.25, -0.2) is 0 Å². The molecule has 1 aromatic carbocycles. The van der Waals surface area contributed by atoms with Gasteiger partial charge in [0, 0.05) is 22.8 Å². The number of nitrogens with zero attached hydrogens (tertiary/aromatic N) is 1. The molecule has 0 spiro atoms. The number of benzene rings is 1.